The number of carbonyl (C=O) groups excluding carboxylic acids is 1. The van der Waals surface area contributed by atoms with Crippen LogP contribution in [0.1, 0.15) is 35.9 Å². The van der Waals surface area contributed by atoms with E-state index < -0.39 is 43.1 Å². The van der Waals surface area contributed by atoms with Gasteiger partial charge in [-0.2, -0.15) is 0 Å². The molecule has 0 unspecified atom stereocenters. The summed E-state index contributed by atoms with van der Waals surface area (Å²) in [6.45, 7) is 3.67. The lowest BCUT2D eigenvalue weighted by atomic mass is 9.86. The molecule has 0 aliphatic carbocycles. The Balaban J connectivity index is 2.20. The van der Waals surface area contributed by atoms with Crippen molar-refractivity contribution in [2.24, 2.45) is 0 Å². The van der Waals surface area contributed by atoms with Crippen LogP contribution in [0.3, 0.4) is 0 Å². The molecule has 9 nitrogen and oxygen atoms in total. The van der Waals surface area contributed by atoms with E-state index >= 15 is 0 Å². The topological polar surface area (TPSA) is 124 Å². The maximum Gasteiger partial charge on any atom is 0.339 e. The highest BCUT2D eigenvalue weighted by atomic mass is 16.6. The Bertz CT molecular complexity index is 705. The van der Waals surface area contributed by atoms with Gasteiger partial charge in [-0.25, -0.2) is 4.79 Å². The van der Waals surface area contributed by atoms with Crippen molar-refractivity contribution in [3.05, 3.63) is 17.2 Å². The van der Waals surface area contributed by atoms with Gasteiger partial charge in [-0.05, 0) is 19.9 Å². The highest BCUT2D eigenvalue weighted by Crippen LogP contribution is 2.50. The minimum atomic E-state index is -1.43. The van der Waals surface area contributed by atoms with Gasteiger partial charge < -0.3 is 39.0 Å². The number of aliphatic hydroxyl groups is 3. The van der Waals surface area contributed by atoms with E-state index in [1.807, 2.05) is 0 Å². The number of carbonyl (C=O) groups is 1. The van der Waals surface area contributed by atoms with Crippen molar-refractivity contribution in [2.45, 2.75) is 44.4 Å². The highest BCUT2D eigenvalue weighted by molar-refractivity contribution is 5.95. The van der Waals surface area contributed by atoms with Crippen LogP contribution in [0.4, 0.5) is 0 Å². The van der Waals surface area contributed by atoms with Crippen LogP contribution < -0.4 is 14.2 Å². The van der Waals surface area contributed by atoms with Gasteiger partial charge in [-0.15, -0.1) is 0 Å². The molecule has 0 saturated carbocycles. The molecule has 3 rings (SSSR count). The number of hydrogen-bond acceptors (Lipinski definition) is 9. The molecule has 9 heteroatoms. The molecule has 0 radical (unpaired) electrons. The normalized spacial score (nSPS) is 29.4. The fourth-order valence-corrected chi connectivity index (χ4v) is 3.47. The molecule has 0 aromatic heterocycles. The minimum absolute atomic E-state index is 0.157. The highest BCUT2D eigenvalue weighted by Gasteiger charge is 2.52. The average Bonchev–Trinajstić information content (AvgIpc) is 2.66. The molecule has 0 spiro atoms. The van der Waals surface area contributed by atoms with E-state index in [9.17, 15) is 20.1 Å². The first-order valence-corrected chi connectivity index (χ1v) is 8.82. The van der Waals surface area contributed by atoms with Crippen molar-refractivity contribution < 1.29 is 43.8 Å². The van der Waals surface area contributed by atoms with Crippen LogP contribution in [-0.2, 0) is 9.47 Å². The third kappa shape index (κ3) is 3.20. The van der Waals surface area contributed by atoms with Crippen molar-refractivity contribution in [1.29, 1.82) is 0 Å². The Morgan fingerprint density at radius 1 is 1.11 bits per heavy atom. The summed E-state index contributed by atoms with van der Waals surface area (Å²) in [5, 5.41) is 30.0. The van der Waals surface area contributed by atoms with Crippen LogP contribution >= 0.6 is 0 Å². The van der Waals surface area contributed by atoms with Crippen molar-refractivity contribution in [2.75, 3.05) is 26.9 Å². The fourth-order valence-electron chi connectivity index (χ4n) is 3.47. The third-order valence-electron chi connectivity index (χ3n) is 4.65. The lowest BCUT2D eigenvalue weighted by molar-refractivity contribution is -0.235. The monoisotopic (exact) mass is 384 g/mol. The average molecular weight is 384 g/mol. The lowest BCUT2D eigenvalue weighted by Crippen LogP contribution is -2.58. The molecule has 1 aromatic carbocycles. The molecule has 0 amide bonds. The molecule has 1 saturated heterocycles. The number of aliphatic hydroxyl groups excluding tert-OH is 3. The van der Waals surface area contributed by atoms with E-state index in [2.05, 4.69) is 0 Å². The second kappa shape index (κ2) is 7.89. The van der Waals surface area contributed by atoms with Crippen LogP contribution in [0.2, 0.25) is 0 Å². The van der Waals surface area contributed by atoms with E-state index in [4.69, 9.17) is 23.7 Å². The number of rotatable bonds is 6. The summed E-state index contributed by atoms with van der Waals surface area (Å²) in [6, 6.07) is 1.48. The number of fused-ring (bicyclic) bond motifs is 3. The maximum atomic E-state index is 12.6. The summed E-state index contributed by atoms with van der Waals surface area (Å²) >= 11 is 0. The first kappa shape index (κ1) is 19.7. The Morgan fingerprint density at radius 3 is 2.41 bits per heavy atom. The van der Waals surface area contributed by atoms with Crippen molar-refractivity contribution in [1.82, 2.24) is 0 Å². The van der Waals surface area contributed by atoms with Crippen molar-refractivity contribution in [3.63, 3.8) is 0 Å². The van der Waals surface area contributed by atoms with E-state index in [-0.39, 0.29) is 23.7 Å². The smallest absolute Gasteiger partial charge is 0.339 e. The number of methoxy groups -OCH3 is 1. The molecule has 2 heterocycles. The summed E-state index contributed by atoms with van der Waals surface area (Å²) in [7, 11) is 1.45. The molecule has 27 heavy (non-hydrogen) atoms. The first-order valence-electron chi connectivity index (χ1n) is 8.82. The van der Waals surface area contributed by atoms with Crippen LogP contribution in [0, 0.1) is 0 Å². The molecular formula is C18H24O9. The van der Waals surface area contributed by atoms with Crippen molar-refractivity contribution in [3.8, 4) is 17.2 Å². The van der Waals surface area contributed by atoms with E-state index in [1.54, 1.807) is 13.8 Å². The lowest BCUT2D eigenvalue weighted by Gasteiger charge is -2.44. The summed E-state index contributed by atoms with van der Waals surface area (Å²) in [5.41, 5.74) is 0.493. The van der Waals surface area contributed by atoms with Crippen LogP contribution in [0.5, 0.6) is 17.2 Å². The zero-order chi connectivity index (χ0) is 19.7. The zero-order valence-corrected chi connectivity index (χ0v) is 15.4. The maximum absolute atomic E-state index is 12.6. The van der Waals surface area contributed by atoms with E-state index in [1.165, 1.54) is 13.2 Å². The number of benzene rings is 1. The standard InChI is InChI=1S/C18H24O9/c1-4-24-9-6-8-11(15(25-5-2)14(9)23-3)16-17(27-18(8)22)13(21)12(20)10(7-19)26-16/h6,10,12-13,16-17,19-21H,4-5,7H2,1-3H3/t10-,12-,13+,16+,17-/m1/s1. The third-order valence-corrected chi connectivity index (χ3v) is 4.65. The van der Waals surface area contributed by atoms with Gasteiger partial charge in [0.15, 0.2) is 17.6 Å². The fraction of sp³-hybridized carbons (Fsp3) is 0.611. The Hall–Kier alpha value is -2.07. The second-order valence-corrected chi connectivity index (χ2v) is 6.19. The predicted octanol–water partition coefficient (Wildman–Crippen LogP) is 0.186. The molecule has 0 bridgehead atoms. The molecule has 2 aliphatic rings. The van der Waals surface area contributed by atoms with Gasteiger partial charge in [-0.3, -0.25) is 0 Å². The first-order chi connectivity index (χ1) is 13.0. The van der Waals surface area contributed by atoms with Gasteiger partial charge in [0.05, 0.1) is 32.5 Å². The molecule has 2 aliphatic heterocycles. The minimum Gasteiger partial charge on any atom is -0.490 e. The summed E-state index contributed by atoms with van der Waals surface area (Å²) < 4.78 is 27.8. The Labute approximate surface area is 156 Å². The van der Waals surface area contributed by atoms with Gasteiger partial charge in [-0.1, -0.05) is 0 Å². The summed E-state index contributed by atoms with van der Waals surface area (Å²) in [4.78, 5) is 12.6. The van der Waals surface area contributed by atoms with E-state index in [0.29, 0.717) is 17.9 Å². The largest absolute Gasteiger partial charge is 0.490 e. The van der Waals surface area contributed by atoms with Gasteiger partial charge in [0.2, 0.25) is 5.75 Å². The molecular weight excluding hydrogens is 360 g/mol. The van der Waals surface area contributed by atoms with Gasteiger partial charge in [0.1, 0.15) is 24.4 Å². The predicted molar refractivity (Wildman–Crippen MR) is 91.2 cm³/mol. The quantitative estimate of drug-likeness (QED) is 0.589. The Morgan fingerprint density at radius 2 is 1.81 bits per heavy atom. The summed E-state index contributed by atoms with van der Waals surface area (Å²) in [5.74, 6) is 0.143. The molecule has 3 N–H and O–H groups in total. The molecule has 1 aromatic rings. The molecule has 1 fully saturated rings. The van der Waals surface area contributed by atoms with Gasteiger partial charge in [0, 0.05) is 5.56 Å². The molecule has 5 atom stereocenters. The summed E-state index contributed by atoms with van der Waals surface area (Å²) in [6.07, 6.45) is -5.96. The zero-order valence-electron chi connectivity index (χ0n) is 15.4. The van der Waals surface area contributed by atoms with E-state index in [0.717, 1.165) is 0 Å². The van der Waals surface area contributed by atoms with Gasteiger partial charge >= 0.3 is 5.97 Å². The Kier molecular flexibility index (Phi) is 5.75. The van der Waals surface area contributed by atoms with Crippen LogP contribution in [-0.4, -0.2) is 72.6 Å². The SMILES string of the molecule is CCOc1cc2c(c(OCC)c1OC)[C@@H]1O[C@H](CO)[C@@H](O)[C@H](O)[C@H]1OC2=O. The second-order valence-electron chi connectivity index (χ2n) is 6.19. The number of hydrogen-bond donors (Lipinski definition) is 3. The number of ether oxygens (including phenoxy) is 5. The van der Waals surface area contributed by atoms with Gasteiger partial charge in [0.25, 0.3) is 0 Å². The van der Waals surface area contributed by atoms with Crippen LogP contribution in [0.25, 0.3) is 0 Å². The number of esters is 1. The van der Waals surface area contributed by atoms with Crippen LogP contribution in [0.15, 0.2) is 6.07 Å². The molecule has 150 valence electrons. The van der Waals surface area contributed by atoms with Crippen molar-refractivity contribution >= 4 is 5.97 Å².